The molecule has 0 bridgehead atoms. The molecule has 34 heavy (non-hydrogen) atoms. The number of rotatable bonds is 6. The zero-order valence-electron chi connectivity index (χ0n) is 19.0. The fourth-order valence-electron chi connectivity index (χ4n) is 4.41. The van der Waals surface area contributed by atoms with E-state index < -0.39 is 10.0 Å². The fraction of sp³-hybridized carbons (Fsp3) is 0.360. The van der Waals surface area contributed by atoms with E-state index in [4.69, 9.17) is 9.26 Å². The van der Waals surface area contributed by atoms with Crippen molar-refractivity contribution < 1.29 is 22.5 Å². The first kappa shape index (κ1) is 22.6. The molecule has 1 fully saturated rings. The molecule has 178 valence electrons. The van der Waals surface area contributed by atoms with E-state index in [1.165, 1.54) is 28.6 Å². The predicted molar refractivity (Wildman–Crippen MR) is 126 cm³/mol. The quantitative estimate of drug-likeness (QED) is 0.575. The van der Waals surface area contributed by atoms with Crippen LogP contribution >= 0.6 is 0 Å². The SMILES string of the molecule is CC1Cc2cc(-c3cc(CNC(=O)c4ccc(S(=O)(=O)N5CCCCC5)cc4)no3)ccc2O1. The van der Waals surface area contributed by atoms with E-state index in [0.29, 0.717) is 30.1 Å². The minimum absolute atomic E-state index is 0.171. The number of piperidine rings is 1. The van der Waals surface area contributed by atoms with Crippen molar-refractivity contribution in [2.24, 2.45) is 0 Å². The molecule has 9 heteroatoms. The monoisotopic (exact) mass is 481 g/mol. The number of fused-ring (bicyclic) bond motifs is 1. The van der Waals surface area contributed by atoms with Crippen LogP contribution in [0.2, 0.25) is 0 Å². The van der Waals surface area contributed by atoms with Gasteiger partial charge in [-0.15, -0.1) is 0 Å². The number of aromatic nitrogens is 1. The van der Waals surface area contributed by atoms with E-state index in [1.807, 2.05) is 25.1 Å². The molecular formula is C25H27N3O5S. The highest BCUT2D eigenvalue weighted by molar-refractivity contribution is 7.89. The highest BCUT2D eigenvalue weighted by Gasteiger charge is 2.26. The van der Waals surface area contributed by atoms with Crippen molar-refractivity contribution in [2.75, 3.05) is 13.1 Å². The highest BCUT2D eigenvalue weighted by Crippen LogP contribution is 2.33. The minimum atomic E-state index is -3.52. The van der Waals surface area contributed by atoms with Crippen molar-refractivity contribution in [1.29, 1.82) is 0 Å². The third-order valence-electron chi connectivity index (χ3n) is 6.24. The van der Waals surface area contributed by atoms with Gasteiger partial charge in [-0.3, -0.25) is 4.79 Å². The van der Waals surface area contributed by atoms with Gasteiger partial charge in [-0.1, -0.05) is 11.6 Å². The van der Waals surface area contributed by atoms with Gasteiger partial charge in [-0.2, -0.15) is 4.31 Å². The summed E-state index contributed by atoms with van der Waals surface area (Å²) in [5.41, 5.74) is 3.03. The summed E-state index contributed by atoms with van der Waals surface area (Å²) in [5.74, 6) is 1.21. The molecule has 5 rings (SSSR count). The van der Waals surface area contributed by atoms with Gasteiger partial charge in [0.15, 0.2) is 5.76 Å². The van der Waals surface area contributed by atoms with E-state index in [-0.39, 0.29) is 23.5 Å². The Balaban J connectivity index is 1.21. The Morgan fingerprint density at radius 1 is 1.09 bits per heavy atom. The van der Waals surface area contributed by atoms with Crippen molar-refractivity contribution >= 4 is 15.9 Å². The molecule has 8 nitrogen and oxygen atoms in total. The van der Waals surface area contributed by atoms with Gasteiger partial charge in [0, 0.05) is 36.7 Å². The Hall–Kier alpha value is -3.17. The zero-order valence-corrected chi connectivity index (χ0v) is 19.8. The van der Waals surface area contributed by atoms with Crippen LogP contribution in [0.3, 0.4) is 0 Å². The lowest BCUT2D eigenvalue weighted by Gasteiger charge is -2.25. The molecule has 2 aromatic carbocycles. The van der Waals surface area contributed by atoms with Crippen LogP contribution in [0.4, 0.5) is 0 Å². The Labute approximate surface area is 198 Å². The summed E-state index contributed by atoms with van der Waals surface area (Å²) in [6, 6.07) is 13.8. The van der Waals surface area contributed by atoms with Crippen molar-refractivity contribution in [3.05, 3.63) is 65.4 Å². The molecule has 1 unspecified atom stereocenters. The minimum Gasteiger partial charge on any atom is -0.490 e. The van der Waals surface area contributed by atoms with E-state index in [0.717, 1.165) is 42.6 Å². The molecule has 0 radical (unpaired) electrons. The van der Waals surface area contributed by atoms with Crippen LogP contribution in [-0.2, 0) is 23.0 Å². The number of sulfonamides is 1. The molecule has 2 aliphatic heterocycles. The van der Waals surface area contributed by atoms with Crippen LogP contribution in [0.1, 0.15) is 47.8 Å². The summed E-state index contributed by atoms with van der Waals surface area (Å²) >= 11 is 0. The average Bonchev–Trinajstić information content (AvgIpc) is 3.48. The second-order valence-electron chi connectivity index (χ2n) is 8.81. The van der Waals surface area contributed by atoms with E-state index in [1.54, 1.807) is 6.07 Å². The third kappa shape index (κ3) is 4.58. The molecule has 2 aliphatic rings. The summed E-state index contributed by atoms with van der Waals surface area (Å²) in [5, 5.41) is 6.87. The van der Waals surface area contributed by atoms with Gasteiger partial charge in [0.05, 0.1) is 11.4 Å². The largest absolute Gasteiger partial charge is 0.490 e. The Morgan fingerprint density at radius 3 is 2.62 bits per heavy atom. The summed E-state index contributed by atoms with van der Waals surface area (Å²) in [6.45, 7) is 3.32. The van der Waals surface area contributed by atoms with Gasteiger partial charge >= 0.3 is 0 Å². The second kappa shape index (κ2) is 9.23. The van der Waals surface area contributed by atoms with Gasteiger partial charge < -0.3 is 14.6 Å². The van der Waals surface area contributed by atoms with Crippen LogP contribution in [0.5, 0.6) is 5.75 Å². The molecule has 1 N–H and O–H groups in total. The van der Waals surface area contributed by atoms with E-state index in [9.17, 15) is 13.2 Å². The number of carbonyl (C=O) groups excluding carboxylic acids is 1. The standard InChI is InChI=1S/C25H27N3O5S/c1-17-13-20-14-19(7-10-23(20)32-17)24-15-21(27-33-24)16-26-25(29)18-5-8-22(9-6-18)34(30,31)28-11-3-2-4-12-28/h5-10,14-15,17H,2-4,11-13,16H2,1H3,(H,26,29). The Bertz CT molecular complexity index is 1290. The Morgan fingerprint density at radius 2 is 1.85 bits per heavy atom. The molecule has 3 heterocycles. The maximum absolute atomic E-state index is 12.8. The molecule has 1 amide bonds. The van der Waals surface area contributed by atoms with E-state index >= 15 is 0 Å². The maximum Gasteiger partial charge on any atom is 0.251 e. The van der Waals surface area contributed by atoms with Gasteiger partial charge in [0.2, 0.25) is 10.0 Å². The van der Waals surface area contributed by atoms with Crippen molar-refractivity contribution in [1.82, 2.24) is 14.8 Å². The number of carbonyl (C=O) groups is 1. The lowest BCUT2D eigenvalue weighted by atomic mass is 10.1. The molecular weight excluding hydrogens is 454 g/mol. The lowest BCUT2D eigenvalue weighted by Crippen LogP contribution is -2.35. The normalized spacial score (nSPS) is 18.3. The average molecular weight is 482 g/mol. The highest BCUT2D eigenvalue weighted by atomic mass is 32.2. The zero-order chi connectivity index (χ0) is 23.7. The number of hydrogen-bond donors (Lipinski definition) is 1. The number of amides is 1. The van der Waals surface area contributed by atoms with Crippen LogP contribution < -0.4 is 10.1 Å². The molecule has 1 saturated heterocycles. The van der Waals surface area contributed by atoms with Crippen LogP contribution in [0.25, 0.3) is 11.3 Å². The summed E-state index contributed by atoms with van der Waals surface area (Å²) in [4.78, 5) is 12.8. The summed E-state index contributed by atoms with van der Waals surface area (Å²) in [7, 11) is -3.52. The molecule has 0 saturated carbocycles. The van der Waals surface area contributed by atoms with Crippen molar-refractivity contribution in [3.8, 4) is 17.1 Å². The first-order valence-corrected chi connectivity index (χ1v) is 13.0. The maximum atomic E-state index is 12.8. The number of benzene rings is 2. The predicted octanol–water partition coefficient (Wildman–Crippen LogP) is 3.77. The lowest BCUT2D eigenvalue weighted by molar-refractivity contribution is 0.0950. The number of ether oxygens (including phenoxy) is 1. The van der Waals surface area contributed by atoms with Crippen molar-refractivity contribution in [2.45, 2.75) is 50.2 Å². The number of nitrogens with zero attached hydrogens (tertiary/aromatic N) is 2. The van der Waals surface area contributed by atoms with Gasteiger partial charge in [0.1, 0.15) is 17.5 Å². The first-order chi connectivity index (χ1) is 16.4. The fourth-order valence-corrected chi connectivity index (χ4v) is 5.93. The Kier molecular flexibility index (Phi) is 6.14. The number of hydrogen-bond acceptors (Lipinski definition) is 6. The topological polar surface area (TPSA) is 102 Å². The van der Waals surface area contributed by atoms with Gasteiger partial charge in [-0.25, -0.2) is 8.42 Å². The van der Waals surface area contributed by atoms with Gasteiger partial charge in [-0.05, 0) is 67.8 Å². The van der Waals surface area contributed by atoms with E-state index in [2.05, 4.69) is 10.5 Å². The smallest absolute Gasteiger partial charge is 0.251 e. The third-order valence-corrected chi connectivity index (χ3v) is 8.15. The molecule has 1 aromatic heterocycles. The molecule has 3 aromatic rings. The summed E-state index contributed by atoms with van der Waals surface area (Å²) < 4.78 is 38.3. The first-order valence-electron chi connectivity index (χ1n) is 11.5. The van der Waals surface area contributed by atoms with Crippen LogP contribution in [0, 0.1) is 0 Å². The van der Waals surface area contributed by atoms with Gasteiger partial charge in [0.25, 0.3) is 5.91 Å². The second-order valence-corrected chi connectivity index (χ2v) is 10.7. The number of nitrogens with one attached hydrogen (secondary N) is 1. The summed E-state index contributed by atoms with van der Waals surface area (Å²) in [6.07, 6.45) is 3.84. The molecule has 0 spiro atoms. The van der Waals surface area contributed by atoms with Crippen molar-refractivity contribution in [3.63, 3.8) is 0 Å². The molecule has 1 atom stereocenters. The van der Waals surface area contributed by atoms with Crippen LogP contribution in [-0.4, -0.2) is 43.0 Å². The van der Waals surface area contributed by atoms with Crippen LogP contribution in [0.15, 0.2) is 57.9 Å². The molecule has 0 aliphatic carbocycles.